The summed E-state index contributed by atoms with van der Waals surface area (Å²) in [5, 5.41) is 0. The number of hydrogen-bond donors (Lipinski definition) is 1. The average Bonchev–Trinajstić information content (AvgIpc) is 2.47. The molecule has 0 saturated heterocycles. The number of pyridine rings is 1. The van der Waals surface area contributed by atoms with Crippen LogP contribution in [0.15, 0.2) is 24.5 Å². The Balaban J connectivity index is 2.58. The maximum absolute atomic E-state index is 5.82. The van der Waals surface area contributed by atoms with Crippen molar-refractivity contribution in [1.82, 2.24) is 14.5 Å². The zero-order chi connectivity index (χ0) is 10.1. The summed E-state index contributed by atoms with van der Waals surface area (Å²) in [5.41, 5.74) is 7.72. The van der Waals surface area contributed by atoms with Gasteiger partial charge in [-0.2, -0.15) is 0 Å². The van der Waals surface area contributed by atoms with E-state index in [0.717, 1.165) is 17.1 Å². The second-order valence-electron chi connectivity index (χ2n) is 3.20. The number of nitrogens with two attached hydrogens (primary N) is 1. The molecule has 4 heteroatoms. The first kappa shape index (κ1) is 8.74. The molecule has 0 aliphatic heterocycles. The predicted molar refractivity (Wildman–Crippen MR) is 55.6 cm³/mol. The lowest BCUT2D eigenvalue weighted by atomic mass is 10.2. The van der Waals surface area contributed by atoms with Gasteiger partial charge in [0.1, 0.15) is 11.6 Å². The van der Waals surface area contributed by atoms with Crippen LogP contribution in [0, 0.1) is 6.92 Å². The molecule has 0 fully saturated rings. The molecule has 2 N–H and O–H groups in total. The van der Waals surface area contributed by atoms with Gasteiger partial charge >= 0.3 is 0 Å². The van der Waals surface area contributed by atoms with Gasteiger partial charge in [0.05, 0.1) is 5.69 Å². The van der Waals surface area contributed by atoms with Crippen LogP contribution in [-0.4, -0.2) is 14.5 Å². The van der Waals surface area contributed by atoms with Gasteiger partial charge in [-0.25, -0.2) is 4.98 Å². The summed E-state index contributed by atoms with van der Waals surface area (Å²) in [6.45, 7) is 1.90. The van der Waals surface area contributed by atoms with Gasteiger partial charge in [-0.15, -0.1) is 0 Å². The predicted octanol–water partition coefficient (Wildman–Crippen LogP) is 1.37. The number of anilines is 1. The summed E-state index contributed by atoms with van der Waals surface area (Å²) >= 11 is 0. The fourth-order valence-corrected chi connectivity index (χ4v) is 1.41. The molecular weight excluding hydrogens is 176 g/mol. The normalized spacial score (nSPS) is 10.4. The van der Waals surface area contributed by atoms with E-state index in [4.69, 9.17) is 5.73 Å². The maximum atomic E-state index is 5.82. The van der Waals surface area contributed by atoms with Gasteiger partial charge in [-0.1, -0.05) is 0 Å². The summed E-state index contributed by atoms with van der Waals surface area (Å²) in [6, 6.07) is 3.84. The standard InChI is InChI=1S/C10H12N4/c1-7-9(11)14(2)10(13-7)8-3-5-12-6-4-8/h3-6H,11H2,1-2H3. The zero-order valence-corrected chi connectivity index (χ0v) is 8.23. The molecule has 2 heterocycles. The van der Waals surface area contributed by atoms with Crippen LogP contribution in [0.25, 0.3) is 11.4 Å². The molecule has 0 saturated carbocycles. The van der Waals surface area contributed by atoms with Crippen LogP contribution in [-0.2, 0) is 7.05 Å². The summed E-state index contributed by atoms with van der Waals surface area (Å²) in [6.07, 6.45) is 3.49. The molecule has 0 atom stereocenters. The molecule has 0 spiro atoms. The molecule has 2 rings (SSSR count). The van der Waals surface area contributed by atoms with Gasteiger partial charge in [0.15, 0.2) is 0 Å². The highest BCUT2D eigenvalue weighted by molar-refractivity contribution is 5.59. The first-order valence-electron chi connectivity index (χ1n) is 4.39. The Morgan fingerprint density at radius 2 is 1.93 bits per heavy atom. The van der Waals surface area contributed by atoms with E-state index in [1.807, 2.05) is 30.7 Å². The fourth-order valence-electron chi connectivity index (χ4n) is 1.41. The Hall–Kier alpha value is -1.84. The Labute approximate surface area is 82.4 Å². The SMILES string of the molecule is Cc1nc(-c2ccncc2)n(C)c1N. The van der Waals surface area contributed by atoms with Crippen LogP contribution < -0.4 is 5.73 Å². The van der Waals surface area contributed by atoms with Gasteiger partial charge in [-0.3, -0.25) is 4.98 Å². The molecule has 0 radical (unpaired) electrons. The Morgan fingerprint density at radius 1 is 1.29 bits per heavy atom. The second-order valence-corrected chi connectivity index (χ2v) is 3.20. The molecule has 2 aromatic heterocycles. The van der Waals surface area contributed by atoms with E-state index in [1.54, 1.807) is 12.4 Å². The van der Waals surface area contributed by atoms with Crippen molar-refractivity contribution in [2.24, 2.45) is 7.05 Å². The van der Waals surface area contributed by atoms with E-state index in [1.165, 1.54) is 0 Å². The van der Waals surface area contributed by atoms with Gasteiger partial charge in [0.25, 0.3) is 0 Å². The van der Waals surface area contributed by atoms with E-state index in [0.29, 0.717) is 5.82 Å². The summed E-state index contributed by atoms with van der Waals surface area (Å²) in [4.78, 5) is 8.35. The summed E-state index contributed by atoms with van der Waals surface area (Å²) in [7, 11) is 1.91. The van der Waals surface area contributed by atoms with Crippen molar-refractivity contribution in [3.05, 3.63) is 30.2 Å². The lowest BCUT2D eigenvalue weighted by Crippen LogP contribution is -1.98. The molecule has 0 bridgehead atoms. The van der Waals surface area contributed by atoms with E-state index in [2.05, 4.69) is 9.97 Å². The zero-order valence-electron chi connectivity index (χ0n) is 8.23. The molecular formula is C10H12N4. The second kappa shape index (κ2) is 3.14. The first-order valence-corrected chi connectivity index (χ1v) is 4.39. The fraction of sp³-hybridized carbons (Fsp3) is 0.200. The molecule has 0 aliphatic carbocycles. The summed E-state index contributed by atoms with van der Waals surface area (Å²) in [5.74, 6) is 1.58. The van der Waals surface area contributed by atoms with Gasteiger partial charge in [-0.05, 0) is 19.1 Å². The molecule has 0 aliphatic rings. The van der Waals surface area contributed by atoms with Crippen molar-refractivity contribution in [3.8, 4) is 11.4 Å². The van der Waals surface area contributed by atoms with Crippen molar-refractivity contribution < 1.29 is 0 Å². The van der Waals surface area contributed by atoms with Crippen LogP contribution in [0.4, 0.5) is 5.82 Å². The lowest BCUT2D eigenvalue weighted by molar-refractivity contribution is 0.935. The minimum absolute atomic E-state index is 0.705. The van der Waals surface area contributed by atoms with Crippen LogP contribution in [0.2, 0.25) is 0 Å². The summed E-state index contributed by atoms with van der Waals surface area (Å²) < 4.78 is 1.88. The molecule has 72 valence electrons. The lowest BCUT2D eigenvalue weighted by Gasteiger charge is -2.01. The van der Waals surface area contributed by atoms with Crippen molar-refractivity contribution in [2.45, 2.75) is 6.92 Å². The van der Waals surface area contributed by atoms with E-state index < -0.39 is 0 Å². The van der Waals surface area contributed by atoms with E-state index in [-0.39, 0.29) is 0 Å². The minimum Gasteiger partial charge on any atom is -0.384 e. The Morgan fingerprint density at radius 3 is 2.43 bits per heavy atom. The van der Waals surface area contributed by atoms with E-state index in [9.17, 15) is 0 Å². The highest BCUT2D eigenvalue weighted by atomic mass is 15.1. The minimum atomic E-state index is 0.705. The third-order valence-corrected chi connectivity index (χ3v) is 2.26. The highest BCUT2D eigenvalue weighted by Gasteiger charge is 2.09. The Kier molecular flexibility index (Phi) is 1.96. The van der Waals surface area contributed by atoms with Crippen LogP contribution >= 0.6 is 0 Å². The number of nitrogen functional groups attached to an aromatic ring is 1. The largest absolute Gasteiger partial charge is 0.384 e. The van der Waals surface area contributed by atoms with Gasteiger partial charge in [0, 0.05) is 25.0 Å². The topological polar surface area (TPSA) is 56.7 Å². The Bertz CT molecular complexity index is 445. The number of aromatic nitrogens is 3. The van der Waals surface area contributed by atoms with Crippen molar-refractivity contribution in [3.63, 3.8) is 0 Å². The molecule has 14 heavy (non-hydrogen) atoms. The molecule has 2 aromatic rings. The molecule has 0 amide bonds. The van der Waals surface area contributed by atoms with Crippen LogP contribution in [0.5, 0.6) is 0 Å². The van der Waals surface area contributed by atoms with Gasteiger partial charge in [0.2, 0.25) is 0 Å². The number of aryl methyl sites for hydroxylation is 1. The van der Waals surface area contributed by atoms with Crippen molar-refractivity contribution in [2.75, 3.05) is 5.73 Å². The van der Waals surface area contributed by atoms with Crippen molar-refractivity contribution in [1.29, 1.82) is 0 Å². The number of nitrogens with zero attached hydrogens (tertiary/aromatic N) is 3. The highest BCUT2D eigenvalue weighted by Crippen LogP contribution is 2.21. The maximum Gasteiger partial charge on any atom is 0.141 e. The third-order valence-electron chi connectivity index (χ3n) is 2.26. The van der Waals surface area contributed by atoms with Crippen LogP contribution in [0.1, 0.15) is 5.69 Å². The van der Waals surface area contributed by atoms with Gasteiger partial charge < -0.3 is 10.3 Å². The molecule has 0 aromatic carbocycles. The molecule has 0 unspecified atom stereocenters. The number of rotatable bonds is 1. The number of imidazole rings is 1. The first-order chi connectivity index (χ1) is 6.70. The monoisotopic (exact) mass is 188 g/mol. The van der Waals surface area contributed by atoms with Crippen LogP contribution in [0.3, 0.4) is 0 Å². The van der Waals surface area contributed by atoms with E-state index >= 15 is 0 Å². The smallest absolute Gasteiger partial charge is 0.141 e. The number of hydrogen-bond acceptors (Lipinski definition) is 3. The van der Waals surface area contributed by atoms with Crippen molar-refractivity contribution >= 4 is 5.82 Å². The third kappa shape index (κ3) is 1.25. The quantitative estimate of drug-likeness (QED) is 0.735. The average molecular weight is 188 g/mol. The molecule has 4 nitrogen and oxygen atoms in total.